The normalized spacial score (nSPS) is 11.8. The van der Waals surface area contributed by atoms with Crippen molar-refractivity contribution in [2.24, 2.45) is 0 Å². The van der Waals surface area contributed by atoms with E-state index in [9.17, 15) is 0 Å². The van der Waals surface area contributed by atoms with Crippen LogP contribution < -0.4 is 0 Å². The maximum atomic E-state index is 7.04. The molecule has 0 spiro atoms. The Labute approximate surface area is 331 Å². The van der Waals surface area contributed by atoms with Crippen LogP contribution >= 0.6 is 0 Å². The highest BCUT2D eigenvalue weighted by atomic mass is 16.3. The zero-order valence-corrected chi connectivity index (χ0v) is 30.9. The predicted molar refractivity (Wildman–Crippen MR) is 234 cm³/mol. The van der Waals surface area contributed by atoms with E-state index in [1.807, 2.05) is 72.8 Å². The highest BCUT2D eigenvalue weighted by Gasteiger charge is 2.21. The Morgan fingerprint density at radius 1 is 0.310 bits per heavy atom. The summed E-state index contributed by atoms with van der Waals surface area (Å²) in [7, 11) is 0. The van der Waals surface area contributed by atoms with Crippen molar-refractivity contribution in [3.05, 3.63) is 182 Å². The minimum atomic E-state index is 0.575. The Balaban J connectivity index is 1.05. The van der Waals surface area contributed by atoms with E-state index >= 15 is 0 Å². The van der Waals surface area contributed by atoms with Gasteiger partial charge >= 0.3 is 0 Å². The molecule has 0 amide bonds. The van der Waals surface area contributed by atoms with Crippen molar-refractivity contribution in [2.45, 2.75) is 0 Å². The molecule has 8 aromatic carbocycles. The van der Waals surface area contributed by atoms with Crippen LogP contribution in [0, 0.1) is 0 Å². The number of fused-ring (bicyclic) bond motifs is 10. The molecule has 12 rings (SSSR count). The van der Waals surface area contributed by atoms with Crippen LogP contribution in [0.4, 0.5) is 0 Å². The number of hydrogen-bond donors (Lipinski definition) is 0. The lowest BCUT2D eigenvalue weighted by Crippen LogP contribution is -2.00. The Bertz CT molecular complexity index is 3570. The predicted octanol–water partition coefficient (Wildman–Crippen LogP) is 13.7. The van der Waals surface area contributed by atoms with Crippen molar-refractivity contribution in [3.8, 4) is 56.5 Å². The van der Waals surface area contributed by atoms with E-state index in [4.69, 9.17) is 28.8 Å². The largest absolute Gasteiger partial charge is 0.456 e. The zero-order valence-electron chi connectivity index (χ0n) is 30.9. The van der Waals surface area contributed by atoms with Gasteiger partial charge in [0.25, 0.3) is 0 Å². The van der Waals surface area contributed by atoms with Crippen LogP contribution in [0.1, 0.15) is 0 Å². The second-order valence-electron chi connectivity index (χ2n) is 14.5. The lowest BCUT2D eigenvalue weighted by molar-refractivity contribution is 0.669. The van der Waals surface area contributed by atoms with Crippen LogP contribution in [0.2, 0.25) is 0 Å². The average Bonchev–Trinajstić information content (AvgIpc) is 3.88. The summed E-state index contributed by atoms with van der Waals surface area (Å²) in [6, 6.07) is 62.0. The zero-order chi connectivity index (χ0) is 38.2. The molecule has 0 N–H and O–H groups in total. The van der Waals surface area contributed by atoms with Gasteiger partial charge in [-0.3, -0.25) is 0 Å². The molecule has 6 heteroatoms. The molecule has 0 saturated carbocycles. The van der Waals surface area contributed by atoms with Gasteiger partial charge in [0.1, 0.15) is 22.3 Å². The third kappa shape index (κ3) is 5.05. The third-order valence-electron chi connectivity index (χ3n) is 11.1. The van der Waals surface area contributed by atoms with Gasteiger partial charge in [0.2, 0.25) is 0 Å². The third-order valence-corrected chi connectivity index (χ3v) is 11.1. The first-order valence-corrected chi connectivity index (χ1v) is 19.3. The molecule has 6 nitrogen and oxygen atoms in total. The van der Waals surface area contributed by atoms with Crippen LogP contribution in [-0.4, -0.2) is 19.9 Å². The van der Waals surface area contributed by atoms with Gasteiger partial charge in [0.05, 0.1) is 11.2 Å². The molecule has 0 saturated heterocycles. The minimum absolute atomic E-state index is 0.575. The van der Waals surface area contributed by atoms with Gasteiger partial charge in [0.15, 0.2) is 17.5 Å². The fourth-order valence-corrected chi connectivity index (χ4v) is 8.46. The van der Waals surface area contributed by atoms with E-state index in [-0.39, 0.29) is 0 Å². The van der Waals surface area contributed by atoms with E-state index in [2.05, 4.69) is 109 Å². The van der Waals surface area contributed by atoms with E-state index in [0.717, 1.165) is 105 Å². The van der Waals surface area contributed by atoms with Crippen molar-refractivity contribution in [3.63, 3.8) is 0 Å². The topological polar surface area (TPSA) is 77.8 Å². The van der Waals surface area contributed by atoms with Crippen molar-refractivity contribution < 1.29 is 8.83 Å². The summed E-state index contributed by atoms with van der Waals surface area (Å²) in [5.41, 5.74) is 10.9. The molecule has 0 aliphatic rings. The number of aromatic nitrogens is 4. The highest BCUT2D eigenvalue weighted by molar-refractivity contribution is 6.25. The molecule has 270 valence electrons. The minimum Gasteiger partial charge on any atom is -0.456 e. The Morgan fingerprint density at radius 2 is 0.897 bits per heavy atom. The lowest BCUT2D eigenvalue weighted by atomic mass is 9.97. The van der Waals surface area contributed by atoms with E-state index < -0.39 is 0 Å². The second-order valence-corrected chi connectivity index (χ2v) is 14.5. The average molecular weight is 743 g/mol. The monoisotopic (exact) mass is 742 g/mol. The molecule has 4 heterocycles. The summed E-state index contributed by atoms with van der Waals surface area (Å²) in [6.07, 6.45) is 0. The van der Waals surface area contributed by atoms with E-state index in [1.165, 1.54) is 0 Å². The summed E-state index contributed by atoms with van der Waals surface area (Å²) in [5, 5.41) is 7.28. The molecule has 0 atom stereocenters. The van der Waals surface area contributed by atoms with Crippen LogP contribution in [0.3, 0.4) is 0 Å². The smallest absolute Gasteiger partial charge is 0.164 e. The molecule has 0 aliphatic carbocycles. The summed E-state index contributed by atoms with van der Waals surface area (Å²) in [6.45, 7) is 0. The molecule has 12 aromatic rings. The molecule has 0 bridgehead atoms. The van der Waals surface area contributed by atoms with Crippen molar-refractivity contribution >= 4 is 65.6 Å². The van der Waals surface area contributed by atoms with Crippen LogP contribution in [-0.2, 0) is 0 Å². The first-order valence-electron chi connectivity index (χ1n) is 19.3. The molecule has 0 radical (unpaired) electrons. The summed E-state index contributed by atoms with van der Waals surface area (Å²) in [4.78, 5) is 20.5. The number of hydrogen-bond acceptors (Lipinski definition) is 6. The van der Waals surface area contributed by atoms with Gasteiger partial charge < -0.3 is 8.83 Å². The van der Waals surface area contributed by atoms with E-state index in [1.54, 1.807) is 0 Å². The lowest BCUT2D eigenvalue weighted by Gasteiger charge is -2.10. The van der Waals surface area contributed by atoms with Crippen molar-refractivity contribution in [1.82, 2.24) is 19.9 Å². The Kier molecular flexibility index (Phi) is 7.13. The maximum Gasteiger partial charge on any atom is 0.164 e. The molecular formula is C52H30N4O2. The SMILES string of the molecule is c1ccc(-c2nc(-c3cccc(-c4cccc5c4oc4c5ccc5c(-c6ccccc6)nc6ccccc6c54)c3)nc(-c3cccc4oc5ccccc5c34)n2)cc1. The molecular weight excluding hydrogens is 713 g/mol. The Morgan fingerprint density at radius 3 is 1.76 bits per heavy atom. The van der Waals surface area contributed by atoms with Crippen LogP contribution in [0.5, 0.6) is 0 Å². The number of benzene rings is 8. The van der Waals surface area contributed by atoms with Crippen LogP contribution in [0.25, 0.3) is 122 Å². The fourth-order valence-electron chi connectivity index (χ4n) is 8.46. The molecule has 0 fully saturated rings. The van der Waals surface area contributed by atoms with Gasteiger partial charge in [-0.15, -0.1) is 0 Å². The number of pyridine rings is 1. The van der Waals surface area contributed by atoms with Crippen molar-refractivity contribution in [1.29, 1.82) is 0 Å². The molecule has 58 heavy (non-hydrogen) atoms. The number of nitrogens with zero attached hydrogens (tertiary/aromatic N) is 4. The second kappa shape index (κ2) is 12.8. The van der Waals surface area contributed by atoms with Gasteiger partial charge in [-0.1, -0.05) is 152 Å². The van der Waals surface area contributed by atoms with E-state index in [0.29, 0.717) is 17.5 Å². The first kappa shape index (κ1) is 32.3. The summed E-state index contributed by atoms with van der Waals surface area (Å²) in [5.74, 6) is 1.75. The number of furan rings is 2. The number of rotatable bonds is 5. The molecule has 0 unspecified atom stereocenters. The van der Waals surface area contributed by atoms with Crippen molar-refractivity contribution in [2.75, 3.05) is 0 Å². The Hall–Kier alpha value is -7.96. The fraction of sp³-hybridized carbons (Fsp3) is 0. The molecule has 4 aromatic heterocycles. The summed E-state index contributed by atoms with van der Waals surface area (Å²) < 4.78 is 13.3. The standard InChI is InChI=1S/C52H30N4O2/c1-3-14-31(15-4-1)47-40-29-28-37-36-23-12-22-35(48(36)58-49(37)46(40)38-20-7-9-25-42(38)53-47)33-18-11-19-34(30-33)51-54-50(32-16-5-2-6-17-32)55-52(56-51)41-24-13-27-44-45(41)39-21-8-10-26-43(39)57-44/h1-30H. The van der Waals surface area contributed by atoms with Gasteiger partial charge in [-0.25, -0.2) is 19.9 Å². The highest BCUT2D eigenvalue weighted by Crippen LogP contribution is 2.43. The quantitative estimate of drug-likeness (QED) is 0.163. The number of para-hydroxylation sites is 3. The van der Waals surface area contributed by atoms with Gasteiger partial charge in [0, 0.05) is 65.5 Å². The maximum absolute atomic E-state index is 7.04. The first-order chi connectivity index (χ1) is 28.7. The van der Waals surface area contributed by atoms with Gasteiger partial charge in [-0.05, 0) is 35.9 Å². The summed E-state index contributed by atoms with van der Waals surface area (Å²) >= 11 is 0. The van der Waals surface area contributed by atoms with Gasteiger partial charge in [-0.2, -0.15) is 0 Å². The van der Waals surface area contributed by atoms with Crippen LogP contribution in [0.15, 0.2) is 191 Å². The molecule has 0 aliphatic heterocycles.